The number of carbonyl (C=O) groups excluding carboxylic acids is 1. The van der Waals surface area contributed by atoms with Crippen molar-refractivity contribution < 1.29 is 19.8 Å². The van der Waals surface area contributed by atoms with Crippen molar-refractivity contribution in [2.45, 2.75) is 25.4 Å². The van der Waals surface area contributed by atoms with Crippen molar-refractivity contribution in [2.75, 3.05) is 6.54 Å². The molecule has 0 aromatic rings. The van der Waals surface area contributed by atoms with Crippen LogP contribution in [0.1, 0.15) is 19.3 Å². The summed E-state index contributed by atoms with van der Waals surface area (Å²) in [5.74, 6) is -1.28. The number of carboxylic acid groups (broad SMARTS) is 1. The molecule has 0 saturated heterocycles. The molecule has 5 heteroatoms. The second-order valence-corrected chi connectivity index (χ2v) is 3.63. The Labute approximate surface area is 87.8 Å². The highest BCUT2D eigenvalue weighted by atomic mass is 16.4. The summed E-state index contributed by atoms with van der Waals surface area (Å²) in [4.78, 5) is 21.5. The van der Waals surface area contributed by atoms with E-state index in [1.54, 1.807) is 0 Å². The molecule has 1 rings (SSSR count). The molecule has 1 aliphatic carbocycles. The van der Waals surface area contributed by atoms with Gasteiger partial charge in [0.25, 0.3) is 0 Å². The summed E-state index contributed by atoms with van der Waals surface area (Å²) in [6.45, 7) is -0.232. The maximum absolute atomic E-state index is 11.3. The van der Waals surface area contributed by atoms with Gasteiger partial charge in [0.2, 0.25) is 5.91 Å². The summed E-state index contributed by atoms with van der Waals surface area (Å²) in [7, 11) is 0. The van der Waals surface area contributed by atoms with Crippen molar-refractivity contribution in [1.29, 1.82) is 0 Å². The van der Waals surface area contributed by atoms with E-state index in [4.69, 9.17) is 10.2 Å². The van der Waals surface area contributed by atoms with Crippen LogP contribution in [0.2, 0.25) is 0 Å². The molecule has 5 nitrogen and oxygen atoms in total. The predicted octanol–water partition coefficient (Wildman–Crippen LogP) is -0.0956. The number of rotatable bonds is 5. The molecule has 0 saturated carbocycles. The highest BCUT2D eigenvalue weighted by Gasteiger charge is 2.17. The van der Waals surface area contributed by atoms with Gasteiger partial charge in [-0.2, -0.15) is 0 Å². The van der Waals surface area contributed by atoms with Crippen LogP contribution in [0.5, 0.6) is 0 Å². The Morgan fingerprint density at radius 3 is 2.80 bits per heavy atom. The van der Waals surface area contributed by atoms with Crippen LogP contribution in [0, 0.1) is 5.92 Å². The third kappa shape index (κ3) is 4.12. The summed E-state index contributed by atoms with van der Waals surface area (Å²) < 4.78 is 0. The van der Waals surface area contributed by atoms with Gasteiger partial charge >= 0.3 is 5.97 Å². The Morgan fingerprint density at radius 2 is 2.27 bits per heavy atom. The number of nitrogens with one attached hydrogen (secondary N) is 1. The van der Waals surface area contributed by atoms with Crippen LogP contribution in [0.25, 0.3) is 0 Å². The summed E-state index contributed by atoms with van der Waals surface area (Å²) in [6, 6.07) is 0. The van der Waals surface area contributed by atoms with Gasteiger partial charge in [0.05, 0.1) is 6.54 Å². The molecular formula is C10H15NO4. The highest BCUT2D eigenvalue weighted by Crippen LogP contribution is 2.19. The topological polar surface area (TPSA) is 86.6 Å². The zero-order chi connectivity index (χ0) is 11.3. The molecule has 0 fully saturated rings. The van der Waals surface area contributed by atoms with Crippen LogP contribution >= 0.6 is 0 Å². The molecule has 2 atom stereocenters. The second kappa shape index (κ2) is 5.50. The maximum Gasteiger partial charge on any atom is 0.334 e. The van der Waals surface area contributed by atoms with Gasteiger partial charge in [-0.3, -0.25) is 4.79 Å². The van der Waals surface area contributed by atoms with Crippen molar-refractivity contribution in [3.05, 3.63) is 12.2 Å². The van der Waals surface area contributed by atoms with E-state index in [0.717, 1.165) is 12.8 Å². The first-order chi connectivity index (χ1) is 7.09. The number of aliphatic hydroxyl groups excluding tert-OH is 1. The van der Waals surface area contributed by atoms with Gasteiger partial charge in [-0.25, -0.2) is 4.79 Å². The lowest BCUT2D eigenvalue weighted by molar-refractivity contribution is -0.146. The standard InChI is InChI=1S/C10H15NO4/c12-8(10(14)15)6-11-9(13)5-7-3-1-2-4-7/h1,3,7-8,12H,2,4-6H2,(H,11,13)(H,14,15)/t7?,8-/m0/s1. The van der Waals surface area contributed by atoms with E-state index in [2.05, 4.69) is 5.32 Å². The molecule has 0 heterocycles. The summed E-state index contributed by atoms with van der Waals surface area (Å²) in [5.41, 5.74) is 0. The van der Waals surface area contributed by atoms with Gasteiger partial charge in [-0.05, 0) is 18.8 Å². The minimum atomic E-state index is -1.52. The lowest BCUT2D eigenvalue weighted by Crippen LogP contribution is -2.36. The van der Waals surface area contributed by atoms with Gasteiger partial charge in [-0.15, -0.1) is 0 Å². The SMILES string of the molecule is O=C(CC1C=CCC1)NC[C@H](O)C(=O)O. The van der Waals surface area contributed by atoms with Crippen molar-refractivity contribution in [3.8, 4) is 0 Å². The van der Waals surface area contributed by atoms with Crippen molar-refractivity contribution in [2.24, 2.45) is 5.92 Å². The van der Waals surface area contributed by atoms with Crippen molar-refractivity contribution >= 4 is 11.9 Å². The Kier molecular flexibility index (Phi) is 4.30. The first-order valence-corrected chi connectivity index (χ1v) is 4.94. The lowest BCUT2D eigenvalue weighted by atomic mass is 10.1. The zero-order valence-electron chi connectivity index (χ0n) is 8.35. The number of allylic oxidation sites excluding steroid dienone is 2. The van der Waals surface area contributed by atoms with E-state index in [1.165, 1.54) is 0 Å². The number of amides is 1. The second-order valence-electron chi connectivity index (χ2n) is 3.63. The van der Waals surface area contributed by atoms with Crippen LogP contribution in [-0.4, -0.2) is 34.7 Å². The van der Waals surface area contributed by atoms with Crippen LogP contribution in [0.3, 0.4) is 0 Å². The maximum atomic E-state index is 11.3. The average Bonchev–Trinajstić information content (AvgIpc) is 2.66. The molecule has 0 bridgehead atoms. The third-order valence-electron chi connectivity index (χ3n) is 2.34. The van der Waals surface area contributed by atoms with Gasteiger partial charge in [0.1, 0.15) is 0 Å². The number of carbonyl (C=O) groups is 2. The van der Waals surface area contributed by atoms with Crippen LogP contribution in [-0.2, 0) is 9.59 Å². The molecule has 0 radical (unpaired) electrons. The van der Waals surface area contributed by atoms with Crippen molar-refractivity contribution in [3.63, 3.8) is 0 Å². The smallest absolute Gasteiger partial charge is 0.334 e. The molecule has 0 spiro atoms. The fourth-order valence-electron chi connectivity index (χ4n) is 1.47. The molecule has 15 heavy (non-hydrogen) atoms. The molecule has 1 unspecified atom stereocenters. The molecule has 3 N–H and O–H groups in total. The van der Waals surface area contributed by atoms with Crippen LogP contribution in [0.15, 0.2) is 12.2 Å². The Morgan fingerprint density at radius 1 is 1.53 bits per heavy atom. The van der Waals surface area contributed by atoms with E-state index in [9.17, 15) is 9.59 Å². The molecule has 1 amide bonds. The quantitative estimate of drug-likeness (QED) is 0.557. The van der Waals surface area contributed by atoms with Gasteiger partial charge in [0, 0.05) is 6.42 Å². The fourth-order valence-corrected chi connectivity index (χ4v) is 1.47. The minimum Gasteiger partial charge on any atom is -0.479 e. The lowest BCUT2D eigenvalue weighted by Gasteiger charge is -2.10. The highest BCUT2D eigenvalue weighted by molar-refractivity contribution is 5.78. The predicted molar refractivity (Wildman–Crippen MR) is 53.1 cm³/mol. The first-order valence-electron chi connectivity index (χ1n) is 4.94. The van der Waals surface area contributed by atoms with Gasteiger partial charge in [0.15, 0.2) is 6.10 Å². The number of aliphatic hydroxyl groups is 1. The molecule has 0 aromatic heterocycles. The number of hydrogen-bond acceptors (Lipinski definition) is 3. The van der Waals surface area contributed by atoms with Crippen LogP contribution in [0.4, 0.5) is 0 Å². The summed E-state index contributed by atoms with van der Waals surface area (Å²) >= 11 is 0. The summed E-state index contributed by atoms with van der Waals surface area (Å²) in [5, 5.41) is 19.7. The average molecular weight is 213 g/mol. The van der Waals surface area contributed by atoms with Crippen molar-refractivity contribution in [1.82, 2.24) is 5.32 Å². The van der Waals surface area contributed by atoms with E-state index in [0.29, 0.717) is 6.42 Å². The van der Waals surface area contributed by atoms with E-state index < -0.39 is 12.1 Å². The van der Waals surface area contributed by atoms with E-state index in [1.807, 2.05) is 12.2 Å². The fraction of sp³-hybridized carbons (Fsp3) is 0.600. The first kappa shape index (κ1) is 11.7. The van der Waals surface area contributed by atoms with Gasteiger partial charge in [-0.1, -0.05) is 12.2 Å². The van der Waals surface area contributed by atoms with Gasteiger partial charge < -0.3 is 15.5 Å². The largest absolute Gasteiger partial charge is 0.479 e. The zero-order valence-corrected chi connectivity index (χ0v) is 8.35. The monoisotopic (exact) mass is 213 g/mol. The number of hydrogen-bond donors (Lipinski definition) is 3. The Balaban J connectivity index is 2.18. The van der Waals surface area contributed by atoms with E-state index >= 15 is 0 Å². The molecule has 1 aliphatic rings. The Bertz CT molecular complexity index is 275. The number of aliphatic carboxylic acids is 1. The minimum absolute atomic E-state index is 0.216. The Hall–Kier alpha value is -1.36. The third-order valence-corrected chi connectivity index (χ3v) is 2.34. The molecule has 84 valence electrons. The molecule has 0 aromatic carbocycles. The molecular weight excluding hydrogens is 198 g/mol. The van der Waals surface area contributed by atoms with E-state index in [-0.39, 0.29) is 18.4 Å². The normalized spacial score (nSPS) is 21.3. The van der Waals surface area contributed by atoms with Crippen LogP contribution < -0.4 is 5.32 Å². The number of carboxylic acids is 1. The molecule has 0 aliphatic heterocycles. The summed E-state index contributed by atoms with van der Waals surface area (Å²) in [6.07, 6.45) is 4.83.